The van der Waals surface area contributed by atoms with Crippen LogP contribution in [0.1, 0.15) is 12.5 Å². The molecule has 0 bridgehead atoms. The Hall–Kier alpha value is -1.83. The second-order valence-electron chi connectivity index (χ2n) is 2.77. The first-order valence-corrected chi connectivity index (χ1v) is 4.44. The molecule has 2 nitrogen and oxygen atoms in total. The van der Waals surface area contributed by atoms with Crippen molar-refractivity contribution in [2.24, 2.45) is 5.16 Å². The zero-order valence-corrected chi connectivity index (χ0v) is 8.09. The predicted octanol–water partition coefficient (Wildman–Crippen LogP) is 3.11. The van der Waals surface area contributed by atoms with Gasteiger partial charge in [-0.05, 0) is 24.6 Å². The van der Waals surface area contributed by atoms with Gasteiger partial charge in [-0.15, -0.1) is 0 Å². The van der Waals surface area contributed by atoms with Crippen molar-refractivity contribution in [3.63, 3.8) is 0 Å². The van der Waals surface area contributed by atoms with Gasteiger partial charge in [0.25, 0.3) is 0 Å². The summed E-state index contributed by atoms with van der Waals surface area (Å²) in [6, 6.07) is 9.86. The smallest absolute Gasteiger partial charge is 0.102 e. The van der Waals surface area contributed by atoms with Crippen LogP contribution in [0, 0.1) is 0 Å². The monoisotopic (exact) mass is 187 g/mol. The van der Waals surface area contributed by atoms with Gasteiger partial charge in [0.15, 0.2) is 0 Å². The standard InChI is InChI=1S/C12H13NO/c1-2-6-12(13-14)10-9-11-7-4-3-5-8-11/h2-10,14H,1H3. The second kappa shape index (κ2) is 5.75. The summed E-state index contributed by atoms with van der Waals surface area (Å²) in [5, 5.41) is 11.8. The fourth-order valence-electron chi connectivity index (χ4n) is 1.04. The molecule has 0 aliphatic rings. The minimum absolute atomic E-state index is 0.538. The molecule has 0 amide bonds. The van der Waals surface area contributed by atoms with Gasteiger partial charge in [-0.1, -0.05) is 47.6 Å². The number of allylic oxidation sites excluding steroid dienone is 3. The number of hydrogen-bond donors (Lipinski definition) is 1. The molecule has 1 aromatic rings. The van der Waals surface area contributed by atoms with E-state index in [0.717, 1.165) is 5.56 Å². The van der Waals surface area contributed by atoms with Crippen molar-refractivity contribution in [2.75, 3.05) is 0 Å². The van der Waals surface area contributed by atoms with Gasteiger partial charge in [0.2, 0.25) is 0 Å². The van der Waals surface area contributed by atoms with Crippen LogP contribution in [0.5, 0.6) is 0 Å². The molecule has 0 unspecified atom stereocenters. The number of nitrogens with zero attached hydrogens (tertiary/aromatic N) is 1. The normalized spacial score (nSPS) is 12.8. The Morgan fingerprint density at radius 3 is 2.50 bits per heavy atom. The molecule has 0 atom stereocenters. The third kappa shape index (κ3) is 3.27. The van der Waals surface area contributed by atoms with E-state index in [2.05, 4.69) is 5.16 Å². The second-order valence-corrected chi connectivity index (χ2v) is 2.77. The van der Waals surface area contributed by atoms with Gasteiger partial charge in [-0.25, -0.2) is 0 Å². The zero-order valence-electron chi connectivity index (χ0n) is 8.09. The minimum atomic E-state index is 0.538. The molecule has 72 valence electrons. The summed E-state index contributed by atoms with van der Waals surface area (Å²) in [7, 11) is 0. The molecule has 1 rings (SSSR count). The molecule has 0 aliphatic heterocycles. The van der Waals surface area contributed by atoms with Crippen molar-refractivity contribution < 1.29 is 5.21 Å². The highest BCUT2D eigenvalue weighted by Gasteiger charge is 1.87. The first-order chi connectivity index (χ1) is 6.86. The largest absolute Gasteiger partial charge is 0.410 e. The summed E-state index contributed by atoms with van der Waals surface area (Å²) in [6.45, 7) is 1.88. The van der Waals surface area contributed by atoms with Gasteiger partial charge < -0.3 is 5.21 Å². The Balaban J connectivity index is 2.73. The van der Waals surface area contributed by atoms with E-state index in [1.54, 1.807) is 12.2 Å². The van der Waals surface area contributed by atoms with Crippen molar-refractivity contribution in [2.45, 2.75) is 6.92 Å². The third-order valence-electron chi connectivity index (χ3n) is 1.70. The maximum absolute atomic E-state index is 8.62. The number of benzene rings is 1. The molecule has 0 heterocycles. The molecule has 0 saturated carbocycles. The SMILES string of the molecule is CC=CC(C=Cc1ccccc1)=NO. The fraction of sp³-hybridized carbons (Fsp3) is 0.0833. The Labute approximate surface area is 83.9 Å². The summed E-state index contributed by atoms with van der Waals surface area (Å²) >= 11 is 0. The molecule has 0 aromatic heterocycles. The van der Waals surface area contributed by atoms with Crippen molar-refractivity contribution >= 4 is 11.8 Å². The average Bonchev–Trinajstić information content (AvgIpc) is 2.25. The summed E-state index contributed by atoms with van der Waals surface area (Å²) in [5.74, 6) is 0. The molecule has 0 fully saturated rings. The summed E-state index contributed by atoms with van der Waals surface area (Å²) in [5.41, 5.74) is 1.62. The van der Waals surface area contributed by atoms with Crippen LogP contribution in [0.15, 0.2) is 53.7 Å². The van der Waals surface area contributed by atoms with Crippen LogP contribution >= 0.6 is 0 Å². The Bertz CT molecular complexity index is 350. The van der Waals surface area contributed by atoms with Crippen LogP contribution in [0.4, 0.5) is 0 Å². The van der Waals surface area contributed by atoms with Gasteiger partial charge in [0.05, 0.1) is 0 Å². The average molecular weight is 187 g/mol. The lowest BCUT2D eigenvalue weighted by atomic mass is 10.2. The Kier molecular flexibility index (Phi) is 4.21. The lowest BCUT2D eigenvalue weighted by Gasteiger charge is -1.91. The molecule has 1 aromatic carbocycles. The summed E-state index contributed by atoms with van der Waals surface area (Å²) in [4.78, 5) is 0. The Morgan fingerprint density at radius 1 is 1.21 bits per heavy atom. The molecule has 14 heavy (non-hydrogen) atoms. The van der Waals surface area contributed by atoms with Crippen molar-refractivity contribution in [1.29, 1.82) is 0 Å². The number of oxime groups is 1. The number of rotatable bonds is 3. The van der Waals surface area contributed by atoms with Crippen molar-refractivity contribution in [3.8, 4) is 0 Å². The van der Waals surface area contributed by atoms with E-state index in [0.29, 0.717) is 5.71 Å². The van der Waals surface area contributed by atoms with Gasteiger partial charge in [0, 0.05) is 0 Å². The molecule has 0 aliphatic carbocycles. The van der Waals surface area contributed by atoms with Crippen LogP contribution in [-0.4, -0.2) is 10.9 Å². The summed E-state index contributed by atoms with van der Waals surface area (Å²) < 4.78 is 0. The Morgan fingerprint density at radius 2 is 1.93 bits per heavy atom. The maximum atomic E-state index is 8.62. The predicted molar refractivity (Wildman–Crippen MR) is 59.5 cm³/mol. The minimum Gasteiger partial charge on any atom is -0.410 e. The summed E-state index contributed by atoms with van der Waals surface area (Å²) in [6.07, 6.45) is 7.22. The first-order valence-electron chi connectivity index (χ1n) is 4.44. The third-order valence-corrected chi connectivity index (χ3v) is 1.70. The lowest BCUT2D eigenvalue weighted by Crippen LogP contribution is -1.85. The van der Waals surface area contributed by atoms with Crippen LogP contribution in [0.25, 0.3) is 6.08 Å². The van der Waals surface area contributed by atoms with Crippen LogP contribution < -0.4 is 0 Å². The highest BCUT2D eigenvalue weighted by molar-refractivity contribution is 6.05. The number of hydrogen-bond acceptors (Lipinski definition) is 2. The van der Waals surface area contributed by atoms with E-state index in [9.17, 15) is 0 Å². The lowest BCUT2D eigenvalue weighted by molar-refractivity contribution is 0.320. The van der Waals surface area contributed by atoms with E-state index in [1.807, 2.05) is 49.4 Å². The quantitative estimate of drug-likeness (QED) is 0.440. The fourth-order valence-corrected chi connectivity index (χ4v) is 1.04. The van der Waals surface area contributed by atoms with Gasteiger partial charge in [-0.3, -0.25) is 0 Å². The molecular weight excluding hydrogens is 174 g/mol. The van der Waals surface area contributed by atoms with Crippen LogP contribution in [-0.2, 0) is 0 Å². The van der Waals surface area contributed by atoms with Crippen molar-refractivity contribution in [3.05, 3.63) is 54.1 Å². The van der Waals surface area contributed by atoms with Crippen LogP contribution in [0.2, 0.25) is 0 Å². The zero-order chi connectivity index (χ0) is 10.2. The van der Waals surface area contributed by atoms with E-state index < -0.39 is 0 Å². The van der Waals surface area contributed by atoms with Crippen molar-refractivity contribution in [1.82, 2.24) is 0 Å². The van der Waals surface area contributed by atoms with Gasteiger partial charge in [-0.2, -0.15) is 0 Å². The molecule has 1 N–H and O–H groups in total. The van der Waals surface area contributed by atoms with Gasteiger partial charge >= 0.3 is 0 Å². The van der Waals surface area contributed by atoms with E-state index in [1.165, 1.54) is 0 Å². The highest BCUT2D eigenvalue weighted by atomic mass is 16.4. The van der Waals surface area contributed by atoms with Gasteiger partial charge in [0.1, 0.15) is 5.71 Å². The molecule has 0 saturated heterocycles. The molecular formula is C12H13NO. The molecule has 0 spiro atoms. The highest BCUT2D eigenvalue weighted by Crippen LogP contribution is 2.01. The molecule has 0 radical (unpaired) electrons. The van der Waals surface area contributed by atoms with E-state index >= 15 is 0 Å². The van der Waals surface area contributed by atoms with E-state index in [-0.39, 0.29) is 0 Å². The molecule has 2 heteroatoms. The first kappa shape index (κ1) is 10.3. The van der Waals surface area contributed by atoms with E-state index in [4.69, 9.17) is 5.21 Å². The van der Waals surface area contributed by atoms with Crippen LogP contribution in [0.3, 0.4) is 0 Å². The topological polar surface area (TPSA) is 32.6 Å². The maximum Gasteiger partial charge on any atom is 0.102 e.